The molecule has 0 aromatic heterocycles. The number of rotatable bonds is 8. The maximum absolute atomic E-state index is 11.5. The molecule has 0 aliphatic rings. The standard InChI is InChI=1S/C19H21ClO3/c1-2-22-19(21)18(20)14-16-8-10-17(11-9-16)23-13-12-15-6-4-3-5-7-15/h3-11,18H,2,12-14H2,1H3/t18-/m1/s1. The average molecular weight is 333 g/mol. The SMILES string of the molecule is CCOC(=O)[C@H](Cl)Cc1ccc(OCCc2ccccc2)cc1. The largest absolute Gasteiger partial charge is 0.493 e. The molecule has 0 amide bonds. The van der Waals surface area contributed by atoms with Crippen molar-refractivity contribution in [3.63, 3.8) is 0 Å². The molecule has 0 aliphatic heterocycles. The van der Waals surface area contributed by atoms with Gasteiger partial charge in [0.15, 0.2) is 0 Å². The van der Waals surface area contributed by atoms with Crippen LogP contribution in [0.15, 0.2) is 54.6 Å². The van der Waals surface area contributed by atoms with Gasteiger partial charge in [-0.3, -0.25) is 4.79 Å². The fraction of sp³-hybridized carbons (Fsp3) is 0.316. The van der Waals surface area contributed by atoms with E-state index in [0.29, 0.717) is 19.6 Å². The van der Waals surface area contributed by atoms with E-state index in [2.05, 4.69) is 12.1 Å². The molecule has 0 unspecified atom stereocenters. The highest BCUT2D eigenvalue weighted by atomic mass is 35.5. The van der Waals surface area contributed by atoms with Crippen molar-refractivity contribution >= 4 is 17.6 Å². The number of esters is 1. The molecule has 0 aliphatic carbocycles. The Morgan fingerprint density at radius 1 is 1.04 bits per heavy atom. The number of carbonyl (C=O) groups is 1. The average Bonchev–Trinajstić information content (AvgIpc) is 2.57. The van der Waals surface area contributed by atoms with Crippen LogP contribution in [0.2, 0.25) is 0 Å². The lowest BCUT2D eigenvalue weighted by Crippen LogP contribution is -2.20. The minimum absolute atomic E-state index is 0.343. The normalized spacial score (nSPS) is 11.7. The van der Waals surface area contributed by atoms with Crippen molar-refractivity contribution in [1.29, 1.82) is 0 Å². The summed E-state index contributed by atoms with van der Waals surface area (Å²) in [5, 5.41) is -0.653. The van der Waals surface area contributed by atoms with Gasteiger partial charge in [0.1, 0.15) is 11.1 Å². The first kappa shape index (κ1) is 17.4. The molecule has 0 saturated carbocycles. The fourth-order valence-corrected chi connectivity index (χ4v) is 2.42. The van der Waals surface area contributed by atoms with Crippen molar-refractivity contribution in [2.45, 2.75) is 25.1 Å². The molecule has 23 heavy (non-hydrogen) atoms. The van der Waals surface area contributed by atoms with Crippen molar-refractivity contribution in [3.8, 4) is 5.75 Å². The van der Waals surface area contributed by atoms with Crippen LogP contribution in [0.25, 0.3) is 0 Å². The van der Waals surface area contributed by atoms with Crippen LogP contribution in [-0.2, 0) is 22.4 Å². The lowest BCUT2D eigenvalue weighted by Gasteiger charge is -2.10. The first-order chi connectivity index (χ1) is 11.2. The van der Waals surface area contributed by atoms with Crippen LogP contribution in [0.1, 0.15) is 18.1 Å². The zero-order valence-electron chi connectivity index (χ0n) is 13.2. The second-order valence-corrected chi connectivity index (χ2v) is 5.68. The number of ether oxygens (including phenoxy) is 2. The smallest absolute Gasteiger partial charge is 0.324 e. The maximum atomic E-state index is 11.5. The molecule has 1 atom stereocenters. The number of carbonyl (C=O) groups excluding carboxylic acids is 1. The highest BCUT2D eigenvalue weighted by Crippen LogP contribution is 2.16. The molecular weight excluding hydrogens is 312 g/mol. The van der Waals surface area contributed by atoms with Crippen LogP contribution in [0.4, 0.5) is 0 Å². The van der Waals surface area contributed by atoms with Gasteiger partial charge in [-0.15, -0.1) is 11.6 Å². The first-order valence-corrected chi connectivity index (χ1v) is 8.19. The van der Waals surface area contributed by atoms with Gasteiger partial charge < -0.3 is 9.47 Å². The molecule has 2 aromatic carbocycles. The van der Waals surface area contributed by atoms with Gasteiger partial charge in [-0.05, 0) is 36.6 Å². The molecule has 0 radical (unpaired) electrons. The highest BCUT2D eigenvalue weighted by Gasteiger charge is 2.16. The minimum atomic E-state index is -0.653. The zero-order valence-corrected chi connectivity index (χ0v) is 14.0. The van der Waals surface area contributed by atoms with E-state index in [1.807, 2.05) is 42.5 Å². The van der Waals surface area contributed by atoms with Crippen molar-refractivity contribution in [2.24, 2.45) is 0 Å². The van der Waals surface area contributed by atoms with E-state index in [1.165, 1.54) is 5.56 Å². The number of halogens is 1. The van der Waals surface area contributed by atoms with Crippen molar-refractivity contribution in [3.05, 3.63) is 65.7 Å². The summed E-state index contributed by atoms with van der Waals surface area (Å²) in [5.74, 6) is 0.435. The Labute approximate surface area is 142 Å². The van der Waals surface area contributed by atoms with Gasteiger partial charge in [-0.1, -0.05) is 42.5 Å². The molecule has 0 N–H and O–H groups in total. The molecule has 0 heterocycles. The fourth-order valence-electron chi connectivity index (χ4n) is 2.18. The van der Waals surface area contributed by atoms with Gasteiger partial charge in [-0.25, -0.2) is 0 Å². The zero-order chi connectivity index (χ0) is 16.5. The molecule has 2 rings (SSSR count). The highest BCUT2D eigenvalue weighted by molar-refractivity contribution is 6.30. The maximum Gasteiger partial charge on any atom is 0.324 e. The molecule has 2 aromatic rings. The number of alkyl halides is 1. The van der Waals surface area contributed by atoms with E-state index in [-0.39, 0.29) is 5.97 Å². The molecule has 0 bridgehead atoms. The summed E-state index contributed by atoms with van der Waals surface area (Å²) in [5.41, 5.74) is 2.23. The Balaban J connectivity index is 1.79. The third-order valence-electron chi connectivity index (χ3n) is 3.38. The Bertz CT molecular complexity index is 596. The van der Waals surface area contributed by atoms with Crippen molar-refractivity contribution in [1.82, 2.24) is 0 Å². The minimum Gasteiger partial charge on any atom is -0.493 e. The second kappa shape index (κ2) is 9.21. The lowest BCUT2D eigenvalue weighted by atomic mass is 10.1. The van der Waals surface area contributed by atoms with Gasteiger partial charge in [-0.2, -0.15) is 0 Å². The summed E-state index contributed by atoms with van der Waals surface area (Å²) >= 11 is 6.03. The molecule has 0 spiro atoms. The molecular formula is C19H21ClO3. The Morgan fingerprint density at radius 2 is 1.74 bits per heavy atom. The number of benzene rings is 2. The number of hydrogen-bond acceptors (Lipinski definition) is 3. The van der Waals surface area contributed by atoms with Crippen LogP contribution in [0.3, 0.4) is 0 Å². The van der Waals surface area contributed by atoms with E-state index in [0.717, 1.165) is 17.7 Å². The van der Waals surface area contributed by atoms with E-state index >= 15 is 0 Å². The predicted octanol–water partition coefficient (Wildman–Crippen LogP) is 4.02. The van der Waals surface area contributed by atoms with Crippen LogP contribution in [-0.4, -0.2) is 24.6 Å². The van der Waals surface area contributed by atoms with Crippen LogP contribution in [0, 0.1) is 0 Å². The van der Waals surface area contributed by atoms with Gasteiger partial charge in [0.25, 0.3) is 0 Å². The summed E-state index contributed by atoms with van der Waals surface area (Å²) in [6.07, 6.45) is 1.32. The van der Waals surface area contributed by atoms with E-state index in [1.54, 1.807) is 6.92 Å². The summed E-state index contributed by atoms with van der Waals surface area (Å²) in [7, 11) is 0. The Hall–Kier alpha value is -2.00. The molecule has 0 saturated heterocycles. The van der Waals surface area contributed by atoms with Crippen molar-refractivity contribution < 1.29 is 14.3 Å². The molecule has 3 nitrogen and oxygen atoms in total. The molecule has 122 valence electrons. The quantitative estimate of drug-likeness (QED) is 0.541. The summed E-state index contributed by atoms with van der Waals surface area (Å²) < 4.78 is 10.6. The van der Waals surface area contributed by atoms with Gasteiger partial charge in [0.2, 0.25) is 0 Å². The Kier molecular flexibility index (Phi) is 6.95. The van der Waals surface area contributed by atoms with Crippen LogP contribution >= 0.6 is 11.6 Å². The summed E-state index contributed by atoms with van der Waals surface area (Å²) in [4.78, 5) is 11.5. The summed E-state index contributed by atoms with van der Waals surface area (Å²) in [6, 6.07) is 17.9. The van der Waals surface area contributed by atoms with E-state index < -0.39 is 5.38 Å². The molecule has 0 fully saturated rings. The van der Waals surface area contributed by atoms with Gasteiger partial charge in [0, 0.05) is 6.42 Å². The predicted molar refractivity (Wildman–Crippen MR) is 92.1 cm³/mol. The summed E-state index contributed by atoms with van der Waals surface area (Å²) in [6.45, 7) is 2.74. The van der Waals surface area contributed by atoms with E-state index in [4.69, 9.17) is 21.1 Å². The lowest BCUT2D eigenvalue weighted by molar-refractivity contribution is -0.142. The topological polar surface area (TPSA) is 35.5 Å². The van der Waals surface area contributed by atoms with Crippen LogP contribution < -0.4 is 4.74 Å². The third-order valence-corrected chi connectivity index (χ3v) is 3.72. The number of hydrogen-bond donors (Lipinski definition) is 0. The van der Waals surface area contributed by atoms with Crippen molar-refractivity contribution in [2.75, 3.05) is 13.2 Å². The first-order valence-electron chi connectivity index (χ1n) is 7.75. The third kappa shape index (κ3) is 5.95. The van der Waals surface area contributed by atoms with Gasteiger partial charge >= 0.3 is 5.97 Å². The molecule has 4 heteroatoms. The second-order valence-electron chi connectivity index (χ2n) is 5.15. The monoisotopic (exact) mass is 332 g/mol. The van der Waals surface area contributed by atoms with E-state index in [9.17, 15) is 4.79 Å². The Morgan fingerprint density at radius 3 is 2.39 bits per heavy atom. The van der Waals surface area contributed by atoms with Crippen LogP contribution in [0.5, 0.6) is 5.75 Å². The van der Waals surface area contributed by atoms with Gasteiger partial charge in [0.05, 0.1) is 13.2 Å².